The van der Waals surface area contributed by atoms with E-state index in [4.69, 9.17) is 11.4 Å². The second kappa shape index (κ2) is 8.61. The van der Waals surface area contributed by atoms with Crippen LogP contribution in [0.15, 0.2) is 48.7 Å². The lowest BCUT2D eigenvalue weighted by Crippen LogP contribution is -2.31. The molecule has 9 heteroatoms. The highest BCUT2D eigenvalue weighted by Gasteiger charge is 2.25. The van der Waals surface area contributed by atoms with Gasteiger partial charge in [0.05, 0.1) is 17.8 Å². The lowest BCUT2D eigenvalue weighted by molar-refractivity contribution is -0.156. The predicted molar refractivity (Wildman–Crippen MR) is 104 cm³/mol. The maximum atomic E-state index is 11.9. The molecule has 0 bridgehead atoms. The van der Waals surface area contributed by atoms with E-state index in [-0.39, 0.29) is 5.91 Å². The molecule has 1 aliphatic rings. The van der Waals surface area contributed by atoms with Gasteiger partial charge in [0, 0.05) is 36.1 Å². The highest BCUT2D eigenvalue weighted by atomic mass is 19.4. The second-order valence-corrected chi connectivity index (χ2v) is 6.33. The number of rotatable bonds is 2. The number of carbonyl (C=O) groups is 2. The molecule has 152 valence electrons. The highest BCUT2D eigenvalue weighted by molar-refractivity contribution is 5.97. The average molecular weight is 412 g/mol. The molecule has 0 fully saturated rings. The molecule has 0 radical (unpaired) electrons. The standard InChI is InChI=1S/C19H14N4O.C2HF3O/c1-20-14-4-2-12(3-5-14)17-10-13(6-8-21-17)18-11-15-16(23-18)7-9-22-19(15)24;3-2(4,5)1-6/h2-6,8,10-11,23H,7,9H2,(H,22,24);1H. The maximum Gasteiger partial charge on any atom is 0.446 e. The predicted octanol–water partition coefficient (Wildman–Crippen LogP) is 4.33. The zero-order valence-corrected chi connectivity index (χ0v) is 15.5. The van der Waals surface area contributed by atoms with Crippen LogP contribution in [0, 0.1) is 6.57 Å². The molecule has 1 aromatic carbocycles. The minimum atomic E-state index is -4.64. The first-order chi connectivity index (χ1) is 14.3. The van der Waals surface area contributed by atoms with Gasteiger partial charge in [-0.05, 0) is 23.8 Å². The molecule has 4 rings (SSSR count). The van der Waals surface area contributed by atoms with Crippen LogP contribution < -0.4 is 5.32 Å². The number of alkyl halides is 3. The van der Waals surface area contributed by atoms with Gasteiger partial charge in [0.15, 0.2) is 5.69 Å². The van der Waals surface area contributed by atoms with Crippen LogP contribution in [-0.2, 0) is 11.2 Å². The summed E-state index contributed by atoms with van der Waals surface area (Å²) in [5.74, 6) is -0.0252. The summed E-state index contributed by atoms with van der Waals surface area (Å²) in [6, 6.07) is 13.2. The molecule has 3 heterocycles. The fraction of sp³-hybridized carbons (Fsp3) is 0.143. The van der Waals surface area contributed by atoms with E-state index in [2.05, 4.69) is 20.1 Å². The van der Waals surface area contributed by atoms with Gasteiger partial charge in [-0.1, -0.05) is 24.3 Å². The largest absolute Gasteiger partial charge is 0.446 e. The van der Waals surface area contributed by atoms with Crippen LogP contribution in [-0.4, -0.2) is 34.9 Å². The number of nitrogens with one attached hydrogen (secondary N) is 2. The van der Waals surface area contributed by atoms with Gasteiger partial charge in [0.25, 0.3) is 5.91 Å². The molecule has 2 N–H and O–H groups in total. The normalized spacial score (nSPS) is 12.7. The van der Waals surface area contributed by atoms with Crippen molar-refractivity contribution in [2.75, 3.05) is 6.54 Å². The van der Waals surface area contributed by atoms with Gasteiger partial charge in [0.1, 0.15) is 0 Å². The molecule has 2 aromatic heterocycles. The third-order valence-corrected chi connectivity index (χ3v) is 4.30. The molecule has 0 unspecified atom stereocenters. The number of nitrogens with zero attached hydrogens (tertiary/aromatic N) is 2. The number of amides is 1. The topological polar surface area (TPSA) is 79.2 Å². The summed E-state index contributed by atoms with van der Waals surface area (Å²) >= 11 is 0. The van der Waals surface area contributed by atoms with E-state index in [0.29, 0.717) is 12.2 Å². The zero-order valence-electron chi connectivity index (χ0n) is 15.5. The van der Waals surface area contributed by atoms with E-state index in [1.807, 2.05) is 30.3 Å². The lowest BCUT2D eigenvalue weighted by Gasteiger charge is -2.10. The van der Waals surface area contributed by atoms with Gasteiger partial charge in [-0.2, -0.15) is 13.2 Å². The minimum Gasteiger partial charge on any atom is -0.358 e. The Morgan fingerprint density at radius 1 is 1.10 bits per heavy atom. The van der Waals surface area contributed by atoms with Crippen molar-refractivity contribution in [2.24, 2.45) is 0 Å². The molecule has 30 heavy (non-hydrogen) atoms. The Labute approximate surface area is 169 Å². The summed E-state index contributed by atoms with van der Waals surface area (Å²) in [4.78, 5) is 31.8. The molecule has 1 aliphatic heterocycles. The Bertz CT molecular complexity index is 1110. The van der Waals surface area contributed by atoms with Crippen molar-refractivity contribution in [3.05, 3.63) is 71.3 Å². The number of hydrogen-bond acceptors (Lipinski definition) is 3. The van der Waals surface area contributed by atoms with Crippen molar-refractivity contribution in [3.63, 3.8) is 0 Å². The SMILES string of the molecule is O=CC(F)(F)F.[C-]#[N+]c1ccc(-c2cc(-c3cc4c([nH]3)CCNC4=O)ccn2)cc1. The Morgan fingerprint density at radius 3 is 2.40 bits per heavy atom. The molecular weight excluding hydrogens is 397 g/mol. The van der Waals surface area contributed by atoms with Crippen molar-refractivity contribution >= 4 is 17.9 Å². The van der Waals surface area contributed by atoms with E-state index in [9.17, 15) is 18.0 Å². The van der Waals surface area contributed by atoms with Crippen LogP contribution in [0.2, 0.25) is 0 Å². The number of benzene rings is 1. The summed E-state index contributed by atoms with van der Waals surface area (Å²) in [6.07, 6.45) is -3.13. The molecule has 0 spiro atoms. The number of fused-ring (bicyclic) bond motifs is 1. The van der Waals surface area contributed by atoms with Crippen LogP contribution in [0.3, 0.4) is 0 Å². The number of pyridine rings is 1. The number of carbonyl (C=O) groups excluding carboxylic acids is 2. The molecule has 3 aromatic rings. The van der Waals surface area contributed by atoms with Crippen LogP contribution in [0.25, 0.3) is 27.4 Å². The molecule has 0 saturated carbocycles. The number of aldehydes is 1. The van der Waals surface area contributed by atoms with Crippen molar-refractivity contribution in [1.82, 2.24) is 15.3 Å². The number of hydrogen-bond donors (Lipinski definition) is 2. The first-order valence-corrected chi connectivity index (χ1v) is 8.78. The Morgan fingerprint density at radius 2 is 1.80 bits per heavy atom. The van der Waals surface area contributed by atoms with Crippen LogP contribution >= 0.6 is 0 Å². The smallest absolute Gasteiger partial charge is 0.358 e. The fourth-order valence-electron chi connectivity index (χ4n) is 2.91. The first-order valence-electron chi connectivity index (χ1n) is 8.78. The Hall–Kier alpha value is -3.93. The quantitative estimate of drug-likeness (QED) is 0.486. The average Bonchev–Trinajstić information content (AvgIpc) is 3.20. The number of aromatic nitrogens is 2. The molecule has 1 amide bonds. The summed E-state index contributed by atoms with van der Waals surface area (Å²) in [5.41, 5.74) is 6.00. The van der Waals surface area contributed by atoms with Gasteiger partial charge < -0.3 is 10.3 Å². The third-order valence-electron chi connectivity index (χ3n) is 4.30. The van der Waals surface area contributed by atoms with Crippen molar-refractivity contribution in [2.45, 2.75) is 12.6 Å². The highest BCUT2D eigenvalue weighted by Crippen LogP contribution is 2.28. The van der Waals surface area contributed by atoms with Gasteiger partial charge in [-0.15, -0.1) is 0 Å². The second-order valence-electron chi connectivity index (χ2n) is 6.33. The zero-order chi connectivity index (χ0) is 21.7. The van der Waals surface area contributed by atoms with Gasteiger partial charge >= 0.3 is 6.18 Å². The van der Waals surface area contributed by atoms with E-state index in [1.54, 1.807) is 18.3 Å². The Kier molecular flexibility index (Phi) is 5.97. The van der Waals surface area contributed by atoms with Crippen LogP contribution in [0.1, 0.15) is 16.1 Å². The monoisotopic (exact) mass is 412 g/mol. The summed E-state index contributed by atoms with van der Waals surface area (Å²) in [7, 11) is 0. The molecular formula is C21H15F3N4O2. The van der Waals surface area contributed by atoms with E-state index in [0.717, 1.165) is 40.2 Å². The molecule has 6 nitrogen and oxygen atoms in total. The maximum absolute atomic E-state index is 11.9. The molecule has 0 atom stereocenters. The van der Waals surface area contributed by atoms with Crippen molar-refractivity contribution in [1.29, 1.82) is 0 Å². The minimum absolute atomic E-state index is 0.0252. The fourth-order valence-corrected chi connectivity index (χ4v) is 2.91. The summed E-state index contributed by atoms with van der Waals surface area (Å²) < 4.78 is 31.2. The van der Waals surface area contributed by atoms with E-state index >= 15 is 0 Å². The van der Waals surface area contributed by atoms with E-state index < -0.39 is 12.5 Å². The Balaban J connectivity index is 0.000000377. The number of halogens is 3. The van der Waals surface area contributed by atoms with Crippen LogP contribution in [0.4, 0.5) is 18.9 Å². The van der Waals surface area contributed by atoms with Gasteiger partial charge in [0.2, 0.25) is 6.29 Å². The lowest BCUT2D eigenvalue weighted by atomic mass is 10.1. The molecule has 0 saturated heterocycles. The number of aromatic amines is 1. The third kappa shape index (κ3) is 4.91. The first kappa shape index (κ1) is 20.8. The van der Waals surface area contributed by atoms with Crippen molar-refractivity contribution < 1.29 is 22.8 Å². The summed E-state index contributed by atoms with van der Waals surface area (Å²) in [5, 5.41) is 2.86. The van der Waals surface area contributed by atoms with Crippen LogP contribution in [0.5, 0.6) is 0 Å². The van der Waals surface area contributed by atoms with Gasteiger partial charge in [-0.25, -0.2) is 4.85 Å². The number of H-pyrrole nitrogens is 1. The summed E-state index contributed by atoms with van der Waals surface area (Å²) in [6.45, 7) is 7.69. The molecule has 0 aliphatic carbocycles. The van der Waals surface area contributed by atoms with E-state index in [1.165, 1.54) is 0 Å². The van der Waals surface area contributed by atoms with Crippen molar-refractivity contribution in [3.8, 4) is 22.5 Å². The van der Waals surface area contributed by atoms with Gasteiger partial charge in [-0.3, -0.25) is 14.6 Å².